The first-order valence-electron chi connectivity index (χ1n) is 9.99. The molecule has 29 heavy (non-hydrogen) atoms. The van der Waals surface area contributed by atoms with Crippen LogP contribution in [0.5, 0.6) is 11.5 Å². The zero-order valence-electron chi connectivity index (χ0n) is 18.3. The van der Waals surface area contributed by atoms with Crippen molar-refractivity contribution in [3.05, 3.63) is 47.5 Å². The maximum Gasteiger partial charge on any atom is 0.335 e. The van der Waals surface area contributed by atoms with Gasteiger partial charge >= 0.3 is 8.60 Å². The van der Waals surface area contributed by atoms with Gasteiger partial charge in [-0.25, -0.2) is 0 Å². The summed E-state index contributed by atoms with van der Waals surface area (Å²) in [7, 11) is 1.54. The normalized spacial score (nSPS) is 11.8. The van der Waals surface area contributed by atoms with E-state index < -0.39 is 14.4 Å². The Labute approximate surface area is 176 Å². The van der Waals surface area contributed by atoms with Crippen LogP contribution in [0.2, 0.25) is 0 Å². The van der Waals surface area contributed by atoms with Gasteiger partial charge in [-0.1, -0.05) is 49.6 Å². The number of aromatic hydroxyl groups is 1. The number of unbranched alkanes of at least 4 members (excludes halogenated alkanes) is 2. The smallest absolute Gasteiger partial charge is 0.335 e. The van der Waals surface area contributed by atoms with E-state index in [1.54, 1.807) is 13.8 Å². The lowest BCUT2D eigenvalue weighted by molar-refractivity contribution is -0.0899. The molecule has 1 N–H and O–H groups in total. The van der Waals surface area contributed by atoms with Gasteiger partial charge in [-0.05, 0) is 43.0 Å². The van der Waals surface area contributed by atoms with Crippen molar-refractivity contribution in [3.8, 4) is 22.6 Å². The van der Waals surface area contributed by atoms with Gasteiger partial charge in [-0.15, -0.1) is 0 Å². The van der Waals surface area contributed by atoms with Gasteiger partial charge in [0.05, 0.1) is 5.56 Å². The highest BCUT2D eigenvalue weighted by molar-refractivity contribution is 7.41. The van der Waals surface area contributed by atoms with Gasteiger partial charge in [0.2, 0.25) is 5.79 Å². The molecule has 0 aliphatic rings. The van der Waals surface area contributed by atoms with Crippen LogP contribution in [0.25, 0.3) is 11.1 Å². The molecule has 160 valence electrons. The van der Waals surface area contributed by atoms with E-state index >= 15 is 0 Å². The first kappa shape index (κ1) is 23.6. The van der Waals surface area contributed by atoms with Crippen LogP contribution >= 0.6 is 8.60 Å². The molecular weight excluding hydrogens is 387 g/mol. The Balaban J connectivity index is 2.44. The molecule has 0 atom stereocenters. The highest BCUT2D eigenvalue weighted by atomic mass is 31.2. The summed E-state index contributed by atoms with van der Waals surface area (Å²) in [6, 6.07) is 11.8. The number of phenols is 1. The molecule has 5 nitrogen and oxygen atoms in total. The Morgan fingerprint density at radius 3 is 2.38 bits per heavy atom. The van der Waals surface area contributed by atoms with E-state index in [0.29, 0.717) is 11.3 Å². The number of benzene rings is 2. The van der Waals surface area contributed by atoms with Gasteiger partial charge < -0.3 is 18.9 Å². The molecule has 0 saturated heterocycles. The van der Waals surface area contributed by atoms with E-state index in [2.05, 4.69) is 6.92 Å². The summed E-state index contributed by atoms with van der Waals surface area (Å²) >= 11 is 0. The average Bonchev–Trinajstić information content (AvgIpc) is 2.65. The van der Waals surface area contributed by atoms with Crippen LogP contribution in [0.3, 0.4) is 0 Å². The molecule has 0 saturated carbocycles. The van der Waals surface area contributed by atoms with Crippen molar-refractivity contribution in [2.75, 3.05) is 14.2 Å². The second kappa shape index (κ2) is 10.9. The third kappa shape index (κ3) is 6.97. The lowest BCUT2D eigenvalue weighted by Gasteiger charge is -2.30. The van der Waals surface area contributed by atoms with Crippen molar-refractivity contribution in [1.29, 1.82) is 0 Å². The molecule has 0 fully saturated rings. The Morgan fingerprint density at radius 1 is 1.03 bits per heavy atom. The molecule has 0 aliphatic carbocycles. The van der Waals surface area contributed by atoms with Crippen LogP contribution in [-0.4, -0.2) is 25.1 Å². The number of aryl methyl sites for hydroxylation is 2. The van der Waals surface area contributed by atoms with Crippen LogP contribution < -0.4 is 4.74 Å². The van der Waals surface area contributed by atoms with Gasteiger partial charge in [-0.3, -0.25) is 4.52 Å². The minimum absolute atomic E-state index is 0.205. The lowest BCUT2D eigenvalue weighted by Crippen LogP contribution is -2.30. The van der Waals surface area contributed by atoms with E-state index in [9.17, 15) is 5.11 Å². The first-order chi connectivity index (χ1) is 13.8. The molecule has 0 aromatic heterocycles. The first-order valence-corrected chi connectivity index (χ1v) is 11.1. The molecule has 2 aromatic carbocycles. The number of rotatable bonds is 11. The minimum Gasteiger partial charge on any atom is -0.507 e. The SMILES string of the molecule is CCCCCc1cc(O)c(-c2cccc(C)c2)c(OC(C)(C)OP(OC)OC)c1. The molecule has 0 heterocycles. The summed E-state index contributed by atoms with van der Waals surface area (Å²) < 4.78 is 22.5. The van der Waals surface area contributed by atoms with Crippen LogP contribution in [-0.2, 0) is 20.0 Å². The largest absolute Gasteiger partial charge is 0.507 e. The highest BCUT2D eigenvalue weighted by Crippen LogP contribution is 2.45. The number of phenolic OH excluding ortho intramolecular Hbond substituents is 1. The Kier molecular flexibility index (Phi) is 8.91. The van der Waals surface area contributed by atoms with Gasteiger partial charge in [-0.2, -0.15) is 0 Å². The summed E-state index contributed by atoms with van der Waals surface area (Å²) in [4.78, 5) is 0. The standard InChI is InChI=1S/C23H33O5P/c1-7-8-9-12-18-15-20(24)22(19-13-10-11-17(2)14-19)21(16-18)27-23(3,4)28-29(25-5)26-6/h10-11,13-16,24H,7-9,12H2,1-6H3. The van der Waals surface area contributed by atoms with E-state index in [1.165, 1.54) is 14.2 Å². The number of hydrogen-bond donors (Lipinski definition) is 1. The maximum atomic E-state index is 10.9. The Hall–Kier alpha value is -1.65. The highest BCUT2D eigenvalue weighted by Gasteiger charge is 2.29. The molecule has 2 aromatic rings. The molecule has 0 unspecified atom stereocenters. The molecule has 0 spiro atoms. The fraction of sp³-hybridized carbons (Fsp3) is 0.478. The third-order valence-corrected chi connectivity index (χ3v) is 5.65. The van der Waals surface area contributed by atoms with Crippen molar-refractivity contribution in [2.45, 2.75) is 59.2 Å². The molecule has 0 amide bonds. The molecule has 2 rings (SSSR count). The van der Waals surface area contributed by atoms with Crippen LogP contribution in [0.4, 0.5) is 0 Å². The third-order valence-electron chi connectivity index (χ3n) is 4.47. The molecule has 6 heteroatoms. The average molecular weight is 420 g/mol. The number of hydrogen-bond acceptors (Lipinski definition) is 5. The van der Waals surface area contributed by atoms with E-state index in [4.69, 9.17) is 18.3 Å². The van der Waals surface area contributed by atoms with E-state index in [1.807, 2.05) is 43.3 Å². The molecular formula is C23H33O5P. The summed E-state index contributed by atoms with van der Waals surface area (Å²) in [6.07, 6.45) is 4.25. The Morgan fingerprint density at radius 2 is 1.76 bits per heavy atom. The fourth-order valence-corrected chi connectivity index (χ4v) is 3.86. The van der Waals surface area contributed by atoms with Gasteiger partial charge in [0.1, 0.15) is 11.5 Å². The van der Waals surface area contributed by atoms with E-state index in [0.717, 1.165) is 42.4 Å². The molecule has 0 bridgehead atoms. The lowest BCUT2D eigenvalue weighted by atomic mass is 9.97. The van der Waals surface area contributed by atoms with Crippen LogP contribution in [0.1, 0.15) is 51.2 Å². The van der Waals surface area contributed by atoms with Crippen molar-refractivity contribution in [2.24, 2.45) is 0 Å². The summed E-state index contributed by atoms with van der Waals surface area (Å²) in [5.41, 5.74) is 3.70. The molecule has 0 aliphatic heterocycles. The monoisotopic (exact) mass is 420 g/mol. The van der Waals surface area contributed by atoms with E-state index in [-0.39, 0.29) is 5.75 Å². The van der Waals surface area contributed by atoms with Crippen molar-refractivity contribution >= 4 is 8.60 Å². The van der Waals surface area contributed by atoms with Crippen molar-refractivity contribution < 1.29 is 23.4 Å². The zero-order chi connectivity index (χ0) is 21.4. The van der Waals surface area contributed by atoms with Gasteiger partial charge in [0, 0.05) is 28.1 Å². The summed E-state index contributed by atoms with van der Waals surface area (Å²) in [5, 5.41) is 10.9. The second-order valence-electron chi connectivity index (χ2n) is 7.50. The van der Waals surface area contributed by atoms with Gasteiger partial charge in [0.15, 0.2) is 0 Å². The van der Waals surface area contributed by atoms with Crippen molar-refractivity contribution in [3.63, 3.8) is 0 Å². The quantitative estimate of drug-likeness (QED) is 0.247. The minimum atomic E-state index is -1.52. The predicted molar refractivity (Wildman–Crippen MR) is 118 cm³/mol. The zero-order valence-corrected chi connectivity index (χ0v) is 19.2. The predicted octanol–water partition coefficient (Wildman–Crippen LogP) is 6.75. The number of ether oxygens (including phenoxy) is 1. The van der Waals surface area contributed by atoms with Gasteiger partial charge in [0.25, 0.3) is 0 Å². The summed E-state index contributed by atoms with van der Waals surface area (Å²) in [5.74, 6) is -0.226. The Bertz CT molecular complexity index is 787. The second-order valence-corrected chi connectivity index (χ2v) is 8.86. The fourth-order valence-electron chi connectivity index (χ4n) is 3.16. The summed E-state index contributed by atoms with van der Waals surface area (Å²) in [6.45, 7) is 7.82. The van der Waals surface area contributed by atoms with Crippen molar-refractivity contribution in [1.82, 2.24) is 0 Å². The van der Waals surface area contributed by atoms with Crippen LogP contribution in [0, 0.1) is 6.92 Å². The topological polar surface area (TPSA) is 57.2 Å². The molecule has 0 radical (unpaired) electrons. The van der Waals surface area contributed by atoms with Crippen LogP contribution in [0.15, 0.2) is 36.4 Å². The maximum absolute atomic E-state index is 10.9.